The first-order chi connectivity index (χ1) is 16.6. The summed E-state index contributed by atoms with van der Waals surface area (Å²) in [4.78, 5) is 52.3. The summed E-state index contributed by atoms with van der Waals surface area (Å²) >= 11 is 0. The molecule has 2 heterocycles. The minimum Gasteiger partial charge on any atom is -0.336 e. The topological polar surface area (TPSA) is 123 Å². The first-order valence-corrected chi connectivity index (χ1v) is 11.3. The molecular weight excluding hydrogens is 467 g/mol. The molecule has 35 heavy (non-hydrogen) atoms. The molecule has 3 unspecified atom stereocenters. The van der Waals surface area contributed by atoms with Gasteiger partial charge in [-0.05, 0) is 31.4 Å². The quantitative estimate of drug-likeness (QED) is 0.648. The van der Waals surface area contributed by atoms with Crippen LogP contribution in [0, 0.1) is 17.2 Å². The summed E-state index contributed by atoms with van der Waals surface area (Å²) < 4.78 is 38.1. The Morgan fingerprint density at radius 1 is 1.11 bits per heavy atom. The number of nitriles is 1. The van der Waals surface area contributed by atoms with Crippen molar-refractivity contribution < 1.29 is 32.3 Å². The molecule has 2 N–H and O–H groups in total. The Morgan fingerprint density at radius 2 is 1.83 bits per heavy atom. The predicted molar refractivity (Wildman–Crippen MR) is 117 cm³/mol. The highest BCUT2D eigenvalue weighted by Crippen LogP contribution is 2.25. The molecule has 0 spiro atoms. The number of para-hydroxylation sites is 1. The van der Waals surface area contributed by atoms with Crippen molar-refractivity contribution in [2.75, 3.05) is 25.0 Å². The van der Waals surface area contributed by atoms with Crippen LogP contribution >= 0.6 is 0 Å². The number of benzene rings is 1. The molecule has 0 aromatic heterocycles. The van der Waals surface area contributed by atoms with Crippen LogP contribution in [0.15, 0.2) is 30.3 Å². The van der Waals surface area contributed by atoms with Crippen LogP contribution in [0.1, 0.15) is 32.1 Å². The van der Waals surface area contributed by atoms with Crippen molar-refractivity contribution in [1.82, 2.24) is 15.1 Å². The van der Waals surface area contributed by atoms with Crippen LogP contribution in [0.25, 0.3) is 0 Å². The van der Waals surface area contributed by atoms with Gasteiger partial charge in [0.1, 0.15) is 12.1 Å². The van der Waals surface area contributed by atoms with Gasteiger partial charge in [0.25, 0.3) is 0 Å². The van der Waals surface area contributed by atoms with Crippen molar-refractivity contribution in [3.8, 4) is 6.07 Å². The third-order valence-corrected chi connectivity index (χ3v) is 6.10. The summed E-state index contributed by atoms with van der Waals surface area (Å²) in [5.41, 5.74) is 0.578. The average Bonchev–Trinajstić information content (AvgIpc) is 3.26. The van der Waals surface area contributed by atoms with Crippen molar-refractivity contribution in [2.24, 2.45) is 5.92 Å². The molecule has 0 aliphatic carbocycles. The van der Waals surface area contributed by atoms with E-state index in [0.29, 0.717) is 24.9 Å². The van der Waals surface area contributed by atoms with E-state index in [0.717, 1.165) is 4.90 Å². The number of alkyl halides is 3. The van der Waals surface area contributed by atoms with Crippen molar-refractivity contribution in [3.05, 3.63) is 30.3 Å². The number of hydrogen-bond donors (Lipinski definition) is 2. The summed E-state index contributed by atoms with van der Waals surface area (Å²) in [5.74, 6) is -4.54. The summed E-state index contributed by atoms with van der Waals surface area (Å²) in [6.07, 6.45) is -3.37. The van der Waals surface area contributed by atoms with Crippen molar-refractivity contribution >= 4 is 29.3 Å². The molecule has 1 aromatic carbocycles. The molecule has 3 atom stereocenters. The maximum atomic E-state index is 13.0. The van der Waals surface area contributed by atoms with E-state index in [-0.39, 0.29) is 31.8 Å². The van der Waals surface area contributed by atoms with Crippen LogP contribution in [-0.2, 0) is 19.2 Å². The summed E-state index contributed by atoms with van der Waals surface area (Å²) in [7, 11) is 0. The van der Waals surface area contributed by atoms with E-state index < -0.39 is 48.4 Å². The van der Waals surface area contributed by atoms with Crippen molar-refractivity contribution in [1.29, 1.82) is 5.26 Å². The second kappa shape index (κ2) is 11.2. The van der Waals surface area contributed by atoms with Crippen LogP contribution in [0.3, 0.4) is 0 Å². The molecular formula is C23H26F3N5O4. The number of anilines is 1. The Kier molecular flexibility index (Phi) is 8.32. The molecule has 0 bridgehead atoms. The molecule has 2 aliphatic heterocycles. The van der Waals surface area contributed by atoms with Crippen LogP contribution < -0.4 is 10.6 Å². The highest BCUT2D eigenvalue weighted by atomic mass is 19.4. The van der Waals surface area contributed by atoms with Gasteiger partial charge >= 0.3 is 12.1 Å². The van der Waals surface area contributed by atoms with E-state index in [9.17, 15) is 37.6 Å². The first kappa shape index (κ1) is 26.0. The summed E-state index contributed by atoms with van der Waals surface area (Å²) in [6.45, 7) is -0.347. The highest BCUT2D eigenvalue weighted by Gasteiger charge is 2.43. The van der Waals surface area contributed by atoms with Crippen LogP contribution in [0.2, 0.25) is 0 Å². The normalized spacial score (nSPS) is 23.1. The Morgan fingerprint density at radius 3 is 2.49 bits per heavy atom. The van der Waals surface area contributed by atoms with Gasteiger partial charge < -0.3 is 20.4 Å². The van der Waals surface area contributed by atoms with Gasteiger partial charge in [0.15, 0.2) is 0 Å². The highest BCUT2D eigenvalue weighted by molar-refractivity contribution is 5.95. The zero-order valence-corrected chi connectivity index (χ0v) is 18.9. The molecule has 4 amide bonds. The Hall–Kier alpha value is -3.62. The number of halogens is 3. The lowest BCUT2D eigenvalue weighted by atomic mass is 10.0. The van der Waals surface area contributed by atoms with Crippen LogP contribution in [-0.4, -0.2) is 71.3 Å². The monoisotopic (exact) mass is 493 g/mol. The van der Waals surface area contributed by atoms with Crippen LogP contribution in [0.5, 0.6) is 0 Å². The van der Waals surface area contributed by atoms with Crippen LogP contribution in [0.4, 0.5) is 18.9 Å². The fraction of sp³-hybridized carbons (Fsp3) is 0.522. The smallest absolute Gasteiger partial charge is 0.336 e. The summed E-state index contributed by atoms with van der Waals surface area (Å²) in [6, 6.07) is 8.45. The zero-order chi connectivity index (χ0) is 25.6. The molecule has 0 radical (unpaired) electrons. The Bertz CT molecular complexity index is 995. The van der Waals surface area contributed by atoms with E-state index in [1.54, 1.807) is 35.6 Å². The van der Waals surface area contributed by atoms with Gasteiger partial charge in [-0.25, -0.2) is 0 Å². The lowest BCUT2D eigenvalue weighted by Gasteiger charge is -2.31. The minimum absolute atomic E-state index is 0.0218. The molecule has 2 fully saturated rings. The number of likely N-dealkylation sites (tertiary alicyclic amines) is 2. The van der Waals surface area contributed by atoms with Crippen molar-refractivity contribution in [2.45, 2.75) is 50.4 Å². The van der Waals surface area contributed by atoms with Gasteiger partial charge in [-0.2, -0.15) is 18.4 Å². The number of hydrogen-bond acceptors (Lipinski definition) is 5. The van der Waals surface area contributed by atoms with E-state index in [1.165, 1.54) is 4.90 Å². The van der Waals surface area contributed by atoms with Gasteiger partial charge in [-0.1, -0.05) is 31.0 Å². The zero-order valence-electron chi connectivity index (χ0n) is 18.9. The number of nitrogens with one attached hydrogen (secondary N) is 2. The number of carbonyl (C=O) groups is 4. The van der Waals surface area contributed by atoms with Gasteiger partial charge in [-0.3, -0.25) is 19.2 Å². The maximum Gasteiger partial charge on any atom is 0.471 e. The third kappa shape index (κ3) is 6.71. The third-order valence-electron chi connectivity index (χ3n) is 6.10. The lowest BCUT2D eigenvalue weighted by Crippen LogP contribution is -2.54. The molecule has 0 saturated carbocycles. The van der Waals surface area contributed by atoms with E-state index >= 15 is 0 Å². The first-order valence-electron chi connectivity index (χ1n) is 11.3. The second-order valence-electron chi connectivity index (χ2n) is 8.61. The van der Waals surface area contributed by atoms with E-state index in [2.05, 4.69) is 5.32 Å². The maximum absolute atomic E-state index is 13.0. The largest absolute Gasteiger partial charge is 0.471 e. The lowest BCUT2D eigenvalue weighted by molar-refractivity contribution is -0.175. The minimum atomic E-state index is -5.13. The summed E-state index contributed by atoms with van der Waals surface area (Å²) in [5, 5.41) is 14.0. The standard InChI is InChI=1S/C23H26F3N5O4/c24-23(25,26)22(35)29-18-9-5-2-6-10-30(21(18)34)14-19(32)31-13-15(11-17(31)12-27)20(33)28-16-7-3-1-4-8-16/h1,3-4,7-8,15,17-18H,2,5-6,9-11,13-14H2,(H,28,33)(H,29,35). The molecule has 12 heteroatoms. The van der Waals surface area contributed by atoms with Gasteiger partial charge in [0.2, 0.25) is 17.7 Å². The number of amides is 4. The van der Waals surface area contributed by atoms with E-state index in [4.69, 9.17) is 0 Å². The molecule has 188 valence electrons. The number of carbonyl (C=O) groups excluding carboxylic acids is 4. The molecule has 9 nitrogen and oxygen atoms in total. The van der Waals surface area contributed by atoms with Gasteiger partial charge in [0.05, 0.1) is 18.5 Å². The number of rotatable bonds is 5. The molecule has 3 rings (SSSR count). The molecule has 2 aliphatic rings. The average molecular weight is 493 g/mol. The fourth-order valence-corrected chi connectivity index (χ4v) is 4.26. The molecule has 1 aromatic rings. The van der Waals surface area contributed by atoms with Gasteiger partial charge in [-0.15, -0.1) is 0 Å². The predicted octanol–water partition coefficient (Wildman–Crippen LogP) is 1.82. The van der Waals surface area contributed by atoms with Crippen molar-refractivity contribution in [3.63, 3.8) is 0 Å². The van der Waals surface area contributed by atoms with Gasteiger partial charge in [0, 0.05) is 18.8 Å². The number of nitrogens with zero attached hydrogens (tertiary/aromatic N) is 3. The Balaban J connectivity index is 1.65. The second-order valence-corrected chi connectivity index (χ2v) is 8.61. The molecule has 2 saturated heterocycles. The van der Waals surface area contributed by atoms with E-state index in [1.807, 2.05) is 6.07 Å². The SMILES string of the molecule is N#CC1CC(C(=O)Nc2ccccc2)CN1C(=O)CN1CCCCCC(NC(=O)C(F)(F)F)C1=O. The fourth-order valence-electron chi connectivity index (χ4n) is 4.26. The Labute approximate surface area is 200 Å².